The van der Waals surface area contributed by atoms with Gasteiger partial charge in [-0.1, -0.05) is 13.0 Å². The highest BCUT2D eigenvalue weighted by Crippen LogP contribution is 2.11. The first-order valence-corrected chi connectivity index (χ1v) is 7.57. The van der Waals surface area contributed by atoms with Gasteiger partial charge >= 0.3 is 0 Å². The molecule has 1 aromatic heterocycles. The van der Waals surface area contributed by atoms with Crippen molar-refractivity contribution >= 4 is 18.4 Å². The largest absolute Gasteiger partial charge is 0.473 e. The molecule has 1 unspecified atom stereocenters. The highest BCUT2D eigenvalue weighted by atomic mass is 32.1. The van der Waals surface area contributed by atoms with Crippen molar-refractivity contribution in [3.8, 4) is 5.88 Å². The van der Waals surface area contributed by atoms with Gasteiger partial charge in [-0.2, -0.15) is 12.6 Å². The minimum atomic E-state index is 0.0321. The van der Waals surface area contributed by atoms with E-state index < -0.39 is 0 Å². The molecule has 0 radical (unpaired) electrons. The van der Waals surface area contributed by atoms with Crippen LogP contribution in [-0.4, -0.2) is 28.8 Å². The third-order valence-corrected chi connectivity index (χ3v) is 3.09. The van der Waals surface area contributed by atoms with E-state index in [-0.39, 0.29) is 17.3 Å². The molecule has 0 amide bonds. The van der Waals surface area contributed by atoms with Crippen LogP contribution in [0, 0.1) is 0 Å². The summed E-state index contributed by atoms with van der Waals surface area (Å²) in [7, 11) is 0. The van der Waals surface area contributed by atoms with Crippen molar-refractivity contribution in [1.29, 1.82) is 0 Å². The summed E-state index contributed by atoms with van der Waals surface area (Å²) in [6.45, 7) is 6.57. The van der Waals surface area contributed by atoms with Gasteiger partial charge in [-0.15, -0.1) is 0 Å². The molecule has 112 valence electrons. The zero-order valence-electron chi connectivity index (χ0n) is 12.4. The SMILES string of the molecule is CCC(=O)CCc1ccc(O[C@H](C)CNC(C)S)nc1. The second-order valence-corrected chi connectivity index (χ2v) is 5.68. The first kappa shape index (κ1) is 17.0. The molecule has 1 aromatic rings. The van der Waals surface area contributed by atoms with Gasteiger partial charge < -0.3 is 10.1 Å². The van der Waals surface area contributed by atoms with Crippen molar-refractivity contribution in [3.05, 3.63) is 23.9 Å². The summed E-state index contributed by atoms with van der Waals surface area (Å²) in [5.41, 5.74) is 1.06. The maximum absolute atomic E-state index is 11.3. The lowest BCUT2D eigenvalue weighted by Gasteiger charge is -2.16. The Morgan fingerprint density at radius 3 is 2.75 bits per heavy atom. The Labute approximate surface area is 126 Å². The maximum Gasteiger partial charge on any atom is 0.213 e. The van der Waals surface area contributed by atoms with Gasteiger partial charge in [-0.25, -0.2) is 4.98 Å². The first-order chi connectivity index (χ1) is 9.51. The number of hydrogen-bond donors (Lipinski definition) is 2. The van der Waals surface area contributed by atoms with Crippen LogP contribution in [0.1, 0.15) is 39.2 Å². The molecule has 0 bridgehead atoms. The Morgan fingerprint density at radius 1 is 1.45 bits per heavy atom. The van der Waals surface area contributed by atoms with E-state index in [0.717, 1.165) is 18.5 Å². The van der Waals surface area contributed by atoms with Crippen LogP contribution in [0.25, 0.3) is 0 Å². The average molecular weight is 296 g/mol. The van der Waals surface area contributed by atoms with Crippen molar-refractivity contribution in [1.82, 2.24) is 10.3 Å². The van der Waals surface area contributed by atoms with Crippen molar-refractivity contribution in [2.45, 2.75) is 51.5 Å². The normalized spacial score (nSPS) is 13.8. The summed E-state index contributed by atoms with van der Waals surface area (Å²) < 4.78 is 5.69. The van der Waals surface area contributed by atoms with Gasteiger partial charge in [0.05, 0.1) is 0 Å². The van der Waals surface area contributed by atoms with Crippen LogP contribution >= 0.6 is 12.6 Å². The van der Waals surface area contributed by atoms with Gasteiger partial charge in [-0.05, 0) is 25.8 Å². The van der Waals surface area contributed by atoms with Crippen LogP contribution in [0.3, 0.4) is 0 Å². The van der Waals surface area contributed by atoms with E-state index in [1.807, 2.05) is 32.9 Å². The molecule has 0 spiro atoms. The summed E-state index contributed by atoms with van der Waals surface area (Å²) in [4.78, 5) is 15.5. The van der Waals surface area contributed by atoms with Crippen molar-refractivity contribution in [2.24, 2.45) is 0 Å². The van der Waals surface area contributed by atoms with Crippen molar-refractivity contribution in [2.75, 3.05) is 6.54 Å². The Kier molecular flexibility index (Phi) is 7.62. The zero-order valence-corrected chi connectivity index (χ0v) is 13.3. The summed E-state index contributed by atoms with van der Waals surface area (Å²) in [6, 6.07) is 3.82. The molecular weight excluding hydrogens is 272 g/mol. The van der Waals surface area contributed by atoms with E-state index in [2.05, 4.69) is 22.9 Å². The van der Waals surface area contributed by atoms with E-state index in [0.29, 0.717) is 18.7 Å². The maximum atomic E-state index is 11.3. The summed E-state index contributed by atoms with van der Waals surface area (Å²) in [5, 5.41) is 3.34. The number of ketones is 1. The number of rotatable bonds is 9. The number of nitrogens with zero attached hydrogens (tertiary/aromatic N) is 1. The van der Waals surface area contributed by atoms with Gasteiger partial charge in [0.15, 0.2) is 0 Å². The number of pyridine rings is 1. The number of Topliss-reactive ketones (excluding diaryl/α,β-unsaturated/α-hetero) is 1. The number of thiol groups is 1. The van der Waals surface area contributed by atoms with Crippen LogP contribution in [0.2, 0.25) is 0 Å². The molecule has 1 heterocycles. The quantitative estimate of drug-likeness (QED) is 0.543. The smallest absolute Gasteiger partial charge is 0.213 e. The Balaban J connectivity index is 2.40. The summed E-state index contributed by atoms with van der Waals surface area (Å²) in [5.74, 6) is 0.891. The number of aryl methyl sites for hydroxylation is 1. The molecule has 0 fully saturated rings. The van der Waals surface area contributed by atoms with E-state index in [1.165, 1.54) is 0 Å². The first-order valence-electron chi connectivity index (χ1n) is 7.06. The molecule has 0 saturated heterocycles. The lowest BCUT2D eigenvalue weighted by molar-refractivity contribution is -0.118. The Morgan fingerprint density at radius 2 is 2.20 bits per heavy atom. The van der Waals surface area contributed by atoms with Gasteiger partial charge in [0.1, 0.15) is 11.9 Å². The number of aromatic nitrogens is 1. The molecule has 0 aromatic carbocycles. The highest BCUT2D eigenvalue weighted by Gasteiger charge is 2.06. The number of hydrogen-bond acceptors (Lipinski definition) is 5. The lowest BCUT2D eigenvalue weighted by atomic mass is 10.1. The monoisotopic (exact) mass is 296 g/mol. The third kappa shape index (κ3) is 6.91. The lowest BCUT2D eigenvalue weighted by Crippen LogP contribution is -2.32. The number of carbonyl (C=O) groups is 1. The summed E-state index contributed by atoms with van der Waals surface area (Å²) >= 11 is 4.25. The summed E-state index contributed by atoms with van der Waals surface area (Å²) in [6.07, 6.45) is 3.74. The Bertz CT molecular complexity index is 407. The van der Waals surface area contributed by atoms with Crippen LogP contribution in [0.15, 0.2) is 18.3 Å². The van der Waals surface area contributed by atoms with Crippen LogP contribution in [-0.2, 0) is 11.2 Å². The fourth-order valence-electron chi connectivity index (χ4n) is 1.67. The molecule has 0 aliphatic rings. The molecule has 0 aliphatic carbocycles. The number of ether oxygens (including phenoxy) is 1. The second-order valence-electron chi connectivity index (χ2n) is 4.91. The molecule has 1 N–H and O–H groups in total. The fourth-order valence-corrected chi connectivity index (χ4v) is 1.78. The molecule has 5 heteroatoms. The molecule has 0 saturated carbocycles. The molecule has 1 rings (SSSR count). The van der Waals surface area contributed by atoms with Gasteiger partial charge in [-0.3, -0.25) is 4.79 Å². The number of nitrogens with one attached hydrogen (secondary N) is 1. The van der Waals surface area contributed by atoms with Crippen LogP contribution < -0.4 is 10.1 Å². The van der Waals surface area contributed by atoms with E-state index in [4.69, 9.17) is 4.74 Å². The molecule has 2 atom stereocenters. The topological polar surface area (TPSA) is 51.2 Å². The molecule has 20 heavy (non-hydrogen) atoms. The fraction of sp³-hybridized carbons (Fsp3) is 0.600. The van der Waals surface area contributed by atoms with Crippen molar-refractivity contribution < 1.29 is 9.53 Å². The van der Waals surface area contributed by atoms with Crippen LogP contribution in [0.5, 0.6) is 5.88 Å². The van der Waals surface area contributed by atoms with E-state index in [9.17, 15) is 4.79 Å². The minimum absolute atomic E-state index is 0.0321. The molecule has 4 nitrogen and oxygen atoms in total. The van der Waals surface area contributed by atoms with E-state index >= 15 is 0 Å². The average Bonchev–Trinajstić information content (AvgIpc) is 2.44. The minimum Gasteiger partial charge on any atom is -0.473 e. The zero-order chi connectivity index (χ0) is 15.0. The van der Waals surface area contributed by atoms with Gasteiger partial charge in [0.2, 0.25) is 5.88 Å². The molecular formula is C15H24N2O2S. The predicted octanol–water partition coefficient (Wildman–Crippen LogP) is 2.63. The van der Waals surface area contributed by atoms with Crippen LogP contribution in [0.4, 0.5) is 0 Å². The third-order valence-electron chi connectivity index (χ3n) is 2.91. The predicted molar refractivity (Wildman–Crippen MR) is 84.4 cm³/mol. The highest BCUT2D eigenvalue weighted by molar-refractivity contribution is 7.80. The number of carbonyl (C=O) groups excluding carboxylic acids is 1. The molecule has 0 aliphatic heterocycles. The Hall–Kier alpha value is -1.07. The standard InChI is InChI=1S/C15H24N2O2S/c1-4-14(18)7-5-13-6-8-15(17-10-13)19-11(2)9-16-12(3)20/h6,8,10-12,16,20H,4-5,7,9H2,1-3H3/t11-,12?/m1/s1. The van der Waals surface area contributed by atoms with Gasteiger partial charge in [0.25, 0.3) is 0 Å². The van der Waals surface area contributed by atoms with E-state index in [1.54, 1.807) is 6.20 Å². The van der Waals surface area contributed by atoms with Gasteiger partial charge in [0, 0.05) is 37.0 Å². The second kappa shape index (κ2) is 8.97. The van der Waals surface area contributed by atoms with Crippen molar-refractivity contribution in [3.63, 3.8) is 0 Å².